The number of nitrogens with one attached hydrogen (secondary N) is 2. The minimum atomic E-state index is -0.175. The number of halogens is 2. The number of quaternary nitrogens is 2. The number of hydrogen-bond donors (Lipinski definition) is 2. The van der Waals surface area contributed by atoms with Crippen LogP contribution >= 0.6 is 11.6 Å². The Morgan fingerprint density at radius 1 is 1.25 bits per heavy atom. The smallest absolute Gasteiger partial charge is 0.133 e. The van der Waals surface area contributed by atoms with Crippen molar-refractivity contribution in [3.8, 4) is 0 Å². The number of hydrogen-bond acceptors (Lipinski definition) is 0. The molecule has 1 fully saturated rings. The molecule has 1 aromatic rings. The van der Waals surface area contributed by atoms with E-state index in [-0.39, 0.29) is 5.82 Å². The van der Waals surface area contributed by atoms with Gasteiger partial charge in [0.15, 0.2) is 0 Å². The van der Waals surface area contributed by atoms with E-state index in [2.05, 4.69) is 7.05 Å². The Balaban J connectivity index is 2.04. The molecule has 88 valence electrons. The van der Waals surface area contributed by atoms with Crippen molar-refractivity contribution in [2.24, 2.45) is 0 Å². The van der Waals surface area contributed by atoms with Crippen LogP contribution in [0.1, 0.15) is 5.56 Å². The topological polar surface area (TPSA) is 8.88 Å². The quantitative estimate of drug-likeness (QED) is 0.687. The van der Waals surface area contributed by atoms with Gasteiger partial charge in [0.05, 0.1) is 17.6 Å². The third-order valence-electron chi connectivity index (χ3n) is 3.30. The molecule has 1 saturated heterocycles. The summed E-state index contributed by atoms with van der Waals surface area (Å²) in [5.41, 5.74) is 0.665. The molecular weight excluding hydrogens is 227 g/mol. The van der Waals surface area contributed by atoms with Gasteiger partial charge in [-0.1, -0.05) is 17.7 Å². The molecule has 1 heterocycles. The van der Waals surface area contributed by atoms with Gasteiger partial charge >= 0.3 is 0 Å². The zero-order valence-corrected chi connectivity index (χ0v) is 10.3. The SMILES string of the molecule is C[NH+]1CC[NH+](Cc2c(F)cccc2Cl)CC1. The summed E-state index contributed by atoms with van der Waals surface area (Å²) in [4.78, 5) is 2.99. The fraction of sp³-hybridized carbons (Fsp3) is 0.500. The van der Waals surface area contributed by atoms with Crippen LogP contribution in [0.2, 0.25) is 5.02 Å². The van der Waals surface area contributed by atoms with E-state index in [1.165, 1.54) is 11.0 Å². The highest BCUT2D eigenvalue weighted by Crippen LogP contribution is 2.17. The van der Waals surface area contributed by atoms with Crippen molar-refractivity contribution in [1.29, 1.82) is 0 Å². The lowest BCUT2D eigenvalue weighted by Gasteiger charge is -2.27. The van der Waals surface area contributed by atoms with Crippen LogP contribution in [0.5, 0.6) is 0 Å². The molecule has 2 N–H and O–H groups in total. The van der Waals surface area contributed by atoms with Gasteiger partial charge in [0.2, 0.25) is 0 Å². The molecule has 16 heavy (non-hydrogen) atoms. The van der Waals surface area contributed by atoms with Crippen molar-refractivity contribution in [1.82, 2.24) is 0 Å². The van der Waals surface area contributed by atoms with E-state index in [1.807, 2.05) is 0 Å². The maximum Gasteiger partial charge on any atom is 0.133 e. The fourth-order valence-corrected chi connectivity index (χ4v) is 2.39. The van der Waals surface area contributed by atoms with Gasteiger partial charge < -0.3 is 9.80 Å². The molecule has 0 saturated carbocycles. The van der Waals surface area contributed by atoms with Crippen molar-refractivity contribution in [3.05, 3.63) is 34.6 Å². The van der Waals surface area contributed by atoms with Crippen molar-refractivity contribution < 1.29 is 14.2 Å². The lowest BCUT2D eigenvalue weighted by Crippen LogP contribution is -3.26. The summed E-state index contributed by atoms with van der Waals surface area (Å²) in [7, 11) is 2.20. The molecule has 0 aromatic heterocycles. The predicted molar refractivity (Wildman–Crippen MR) is 62.4 cm³/mol. The largest absolute Gasteiger partial charge is 0.328 e. The van der Waals surface area contributed by atoms with Crippen LogP contribution in [-0.2, 0) is 6.54 Å². The molecule has 1 aliphatic heterocycles. The maximum absolute atomic E-state index is 13.6. The summed E-state index contributed by atoms with van der Waals surface area (Å²) in [6.07, 6.45) is 0. The molecule has 0 atom stereocenters. The number of piperazine rings is 1. The highest BCUT2D eigenvalue weighted by Gasteiger charge is 2.22. The normalized spacial score (nSPS) is 25.7. The van der Waals surface area contributed by atoms with Crippen molar-refractivity contribution in [3.63, 3.8) is 0 Å². The molecule has 1 aromatic carbocycles. The Morgan fingerprint density at radius 3 is 2.56 bits per heavy atom. The van der Waals surface area contributed by atoms with Crippen molar-refractivity contribution >= 4 is 11.6 Å². The van der Waals surface area contributed by atoms with E-state index in [1.54, 1.807) is 17.0 Å². The number of benzene rings is 1. The van der Waals surface area contributed by atoms with Crippen LogP contribution in [0.4, 0.5) is 4.39 Å². The van der Waals surface area contributed by atoms with E-state index in [0.717, 1.165) is 26.2 Å². The summed E-state index contributed by atoms with van der Waals surface area (Å²) in [6, 6.07) is 4.91. The van der Waals surface area contributed by atoms with Gasteiger partial charge in [0.25, 0.3) is 0 Å². The Kier molecular flexibility index (Phi) is 3.79. The molecular formula is C12H18ClFN2+2. The third kappa shape index (κ3) is 2.73. The third-order valence-corrected chi connectivity index (χ3v) is 3.65. The highest BCUT2D eigenvalue weighted by molar-refractivity contribution is 6.31. The first-order valence-corrected chi connectivity index (χ1v) is 6.12. The Bertz CT molecular complexity index is 342. The first-order valence-electron chi connectivity index (χ1n) is 5.74. The summed E-state index contributed by atoms with van der Waals surface area (Å²) >= 11 is 6.02. The first-order chi connectivity index (χ1) is 7.66. The molecule has 2 nitrogen and oxygen atoms in total. The van der Waals surface area contributed by atoms with Crippen LogP contribution in [0, 0.1) is 5.82 Å². The zero-order chi connectivity index (χ0) is 11.5. The molecule has 4 heteroatoms. The van der Waals surface area contributed by atoms with Crippen LogP contribution in [0.25, 0.3) is 0 Å². The van der Waals surface area contributed by atoms with Gasteiger partial charge in [-0.25, -0.2) is 4.39 Å². The van der Waals surface area contributed by atoms with E-state index in [9.17, 15) is 4.39 Å². The highest BCUT2D eigenvalue weighted by atomic mass is 35.5. The second-order valence-electron chi connectivity index (χ2n) is 4.58. The van der Waals surface area contributed by atoms with Gasteiger partial charge in [-0.2, -0.15) is 0 Å². The fourth-order valence-electron chi connectivity index (χ4n) is 2.16. The van der Waals surface area contributed by atoms with Crippen LogP contribution in [-0.4, -0.2) is 33.2 Å². The summed E-state index contributed by atoms with van der Waals surface area (Å²) in [5, 5.41) is 0.554. The number of rotatable bonds is 2. The molecule has 0 spiro atoms. The molecule has 0 radical (unpaired) electrons. The van der Waals surface area contributed by atoms with Crippen LogP contribution < -0.4 is 9.80 Å². The Morgan fingerprint density at radius 2 is 1.94 bits per heavy atom. The second-order valence-corrected chi connectivity index (χ2v) is 4.99. The molecule has 0 bridgehead atoms. The van der Waals surface area contributed by atoms with Crippen molar-refractivity contribution in [2.75, 3.05) is 33.2 Å². The molecule has 1 aliphatic rings. The molecule has 2 rings (SSSR count). The maximum atomic E-state index is 13.6. The first kappa shape index (κ1) is 11.8. The van der Waals surface area contributed by atoms with E-state index >= 15 is 0 Å². The lowest BCUT2D eigenvalue weighted by atomic mass is 10.2. The van der Waals surface area contributed by atoms with Gasteiger partial charge in [-0.3, -0.25) is 0 Å². The molecule has 0 aliphatic carbocycles. The average Bonchev–Trinajstić information content (AvgIpc) is 2.26. The standard InChI is InChI=1S/C12H16ClFN2/c1-15-5-7-16(8-6-15)9-10-11(13)3-2-4-12(10)14/h2-4H,5-9H2,1H3/p+2. The van der Waals surface area contributed by atoms with Gasteiger partial charge in [0.1, 0.15) is 38.5 Å². The van der Waals surface area contributed by atoms with Crippen molar-refractivity contribution in [2.45, 2.75) is 6.54 Å². The molecule has 0 amide bonds. The van der Waals surface area contributed by atoms with E-state index in [4.69, 9.17) is 11.6 Å². The minimum Gasteiger partial charge on any atom is -0.328 e. The second kappa shape index (κ2) is 5.13. The van der Waals surface area contributed by atoms with Gasteiger partial charge in [-0.15, -0.1) is 0 Å². The number of likely N-dealkylation sites (N-methyl/N-ethyl adjacent to an activating group) is 1. The Hall–Kier alpha value is -0.640. The molecule has 0 unspecified atom stereocenters. The Labute approximate surface area is 101 Å². The van der Waals surface area contributed by atoms with Gasteiger partial charge in [0, 0.05) is 0 Å². The zero-order valence-electron chi connectivity index (χ0n) is 9.52. The summed E-state index contributed by atoms with van der Waals surface area (Å²) in [5.74, 6) is -0.175. The van der Waals surface area contributed by atoms with E-state index in [0.29, 0.717) is 17.1 Å². The van der Waals surface area contributed by atoms with Crippen LogP contribution in [0.3, 0.4) is 0 Å². The summed E-state index contributed by atoms with van der Waals surface area (Å²) in [6.45, 7) is 5.20. The minimum absolute atomic E-state index is 0.175. The summed E-state index contributed by atoms with van der Waals surface area (Å²) < 4.78 is 13.6. The lowest BCUT2D eigenvalue weighted by molar-refractivity contribution is -1.01. The predicted octanol–water partition coefficient (Wildman–Crippen LogP) is -0.608. The van der Waals surface area contributed by atoms with Gasteiger partial charge in [-0.05, 0) is 12.1 Å². The monoisotopic (exact) mass is 244 g/mol. The van der Waals surface area contributed by atoms with E-state index < -0.39 is 0 Å². The average molecular weight is 245 g/mol. The van der Waals surface area contributed by atoms with Crippen LogP contribution in [0.15, 0.2) is 18.2 Å².